The van der Waals surface area contributed by atoms with Gasteiger partial charge < -0.3 is 4.90 Å². The summed E-state index contributed by atoms with van der Waals surface area (Å²) in [7, 11) is 4.16. The average Bonchev–Trinajstić information content (AvgIpc) is 2.85. The van der Waals surface area contributed by atoms with E-state index in [4.69, 9.17) is 0 Å². The second kappa shape index (κ2) is 9.97. The van der Waals surface area contributed by atoms with Gasteiger partial charge in [0.25, 0.3) is 0 Å². The van der Waals surface area contributed by atoms with Crippen molar-refractivity contribution in [3.8, 4) is 22.3 Å². The third kappa shape index (κ3) is 5.73. The van der Waals surface area contributed by atoms with E-state index < -0.39 is 0 Å². The highest BCUT2D eigenvalue weighted by Crippen LogP contribution is 2.34. The maximum atomic E-state index is 2.41. The van der Waals surface area contributed by atoms with Crippen molar-refractivity contribution < 1.29 is 0 Å². The molecule has 0 unspecified atom stereocenters. The van der Waals surface area contributed by atoms with Gasteiger partial charge in [0.2, 0.25) is 0 Å². The van der Waals surface area contributed by atoms with Crippen LogP contribution in [0.4, 0.5) is 5.69 Å². The van der Waals surface area contributed by atoms with Crippen molar-refractivity contribution in [2.75, 3.05) is 19.0 Å². The van der Waals surface area contributed by atoms with Crippen LogP contribution in [0.2, 0.25) is 0 Å². The van der Waals surface area contributed by atoms with E-state index in [0.717, 1.165) is 6.42 Å². The first-order chi connectivity index (χ1) is 16.9. The molecule has 0 aliphatic heterocycles. The van der Waals surface area contributed by atoms with Crippen molar-refractivity contribution in [1.29, 1.82) is 0 Å². The lowest BCUT2D eigenvalue weighted by molar-refractivity contribution is 0.521. The topological polar surface area (TPSA) is 3.24 Å². The molecule has 4 aromatic carbocycles. The standard InChI is InChI=1S/C35H41N/c1-25-15-16-29(28-12-9-13-31(22-28)34(2,3)4)21-30(25)24-35(5,6)32-14-10-11-27(23-32)26-17-19-33(20-18-26)36(7)8/h9-23H,24H2,1-8H3. The van der Waals surface area contributed by atoms with Crippen LogP contribution < -0.4 is 4.90 Å². The molecular weight excluding hydrogens is 434 g/mol. The Morgan fingerprint density at radius 3 is 1.72 bits per heavy atom. The number of aryl methyl sites for hydroxylation is 1. The fraction of sp³-hybridized carbons (Fsp3) is 0.314. The second-order valence-corrected chi connectivity index (χ2v) is 12.1. The molecule has 0 bridgehead atoms. The summed E-state index contributed by atoms with van der Waals surface area (Å²) < 4.78 is 0. The molecule has 4 aromatic rings. The zero-order valence-corrected chi connectivity index (χ0v) is 23.3. The van der Waals surface area contributed by atoms with Crippen LogP contribution in [0.1, 0.15) is 56.9 Å². The van der Waals surface area contributed by atoms with Crippen molar-refractivity contribution >= 4 is 5.69 Å². The maximum absolute atomic E-state index is 2.41. The van der Waals surface area contributed by atoms with E-state index in [0.29, 0.717) is 0 Å². The van der Waals surface area contributed by atoms with Crippen molar-refractivity contribution in [2.24, 2.45) is 0 Å². The van der Waals surface area contributed by atoms with Crippen LogP contribution in [0.15, 0.2) is 91.0 Å². The van der Waals surface area contributed by atoms with Crippen molar-refractivity contribution in [3.05, 3.63) is 113 Å². The first-order valence-electron chi connectivity index (χ1n) is 13.0. The van der Waals surface area contributed by atoms with E-state index in [2.05, 4.69) is 152 Å². The summed E-state index contributed by atoms with van der Waals surface area (Å²) in [6, 6.07) is 33.9. The molecule has 0 aromatic heterocycles. The summed E-state index contributed by atoms with van der Waals surface area (Å²) in [5.74, 6) is 0. The van der Waals surface area contributed by atoms with Gasteiger partial charge in [0, 0.05) is 19.8 Å². The smallest absolute Gasteiger partial charge is 0.0361 e. The van der Waals surface area contributed by atoms with Crippen molar-refractivity contribution in [1.82, 2.24) is 0 Å². The predicted octanol–water partition coefficient (Wildman–Crippen LogP) is 9.21. The quantitative estimate of drug-likeness (QED) is 0.269. The fourth-order valence-corrected chi connectivity index (χ4v) is 4.86. The van der Waals surface area contributed by atoms with E-state index >= 15 is 0 Å². The fourth-order valence-electron chi connectivity index (χ4n) is 4.86. The van der Waals surface area contributed by atoms with Crippen LogP contribution in [0, 0.1) is 6.92 Å². The van der Waals surface area contributed by atoms with Gasteiger partial charge in [0.1, 0.15) is 0 Å². The molecule has 186 valence electrons. The molecule has 0 saturated carbocycles. The molecule has 1 heteroatoms. The third-order valence-corrected chi connectivity index (χ3v) is 7.40. The SMILES string of the molecule is Cc1ccc(-c2cccc(C(C)(C)C)c2)cc1CC(C)(C)c1cccc(-c2ccc(N(C)C)cc2)c1. The third-order valence-electron chi connectivity index (χ3n) is 7.40. The largest absolute Gasteiger partial charge is 0.378 e. The molecule has 0 aliphatic carbocycles. The van der Waals surface area contributed by atoms with Gasteiger partial charge in [-0.3, -0.25) is 0 Å². The number of hydrogen-bond acceptors (Lipinski definition) is 1. The number of hydrogen-bond donors (Lipinski definition) is 0. The summed E-state index contributed by atoms with van der Waals surface area (Å²) in [6.45, 7) is 13.8. The molecule has 0 fully saturated rings. The van der Waals surface area contributed by atoms with Gasteiger partial charge in [0.05, 0.1) is 0 Å². The number of anilines is 1. The van der Waals surface area contributed by atoms with Crippen LogP contribution in [0.3, 0.4) is 0 Å². The molecule has 1 nitrogen and oxygen atoms in total. The molecule has 0 atom stereocenters. The van der Waals surface area contributed by atoms with Gasteiger partial charge in [-0.15, -0.1) is 0 Å². The van der Waals surface area contributed by atoms with Gasteiger partial charge in [-0.25, -0.2) is 0 Å². The van der Waals surface area contributed by atoms with E-state index in [-0.39, 0.29) is 10.8 Å². The van der Waals surface area contributed by atoms with E-state index in [1.165, 1.54) is 50.2 Å². The molecular formula is C35H41N. The van der Waals surface area contributed by atoms with Gasteiger partial charge >= 0.3 is 0 Å². The van der Waals surface area contributed by atoms with Crippen LogP contribution >= 0.6 is 0 Å². The van der Waals surface area contributed by atoms with Crippen molar-refractivity contribution in [2.45, 2.75) is 58.8 Å². The van der Waals surface area contributed by atoms with Gasteiger partial charge in [-0.1, -0.05) is 113 Å². The van der Waals surface area contributed by atoms with Gasteiger partial charge in [0.15, 0.2) is 0 Å². The minimum absolute atomic E-state index is 0.0101. The summed E-state index contributed by atoms with van der Waals surface area (Å²) in [5.41, 5.74) is 12.0. The Bertz CT molecular complexity index is 1330. The van der Waals surface area contributed by atoms with Crippen LogP contribution in [-0.4, -0.2) is 14.1 Å². The van der Waals surface area contributed by atoms with Crippen LogP contribution in [0.25, 0.3) is 22.3 Å². The highest BCUT2D eigenvalue weighted by Gasteiger charge is 2.23. The van der Waals surface area contributed by atoms with E-state index in [9.17, 15) is 0 Å². The zero-order chi connectivity index (χ0) is 26.1. The Labute approximate surface area is 218 Å². The Morgan fingerprint density at radius 1 is 0.583 bits per heavy atom. The molecule has 36 heavy (non-hydrogen) atoms. The molecule has 0 heterocycles. The monoisotopic (exact) mass is 475 g/mol. The van der Waals surface area contributed by atoms with Gasteiger partial charge in [-0.2, -0.15) is 0 Å². The van der Waals surface area contributed by atoms with Crippen LogP contribution in [-0.2, 0) is 17.3 Å². The summed E-state index contributed by atoms with van der Waals surface area (Å²) in [6.07, 6.45) is 0.995. The molecule has 0 radical (unpaired) electrons. The Kier molecular flexibility index (Phi) is 7.14. The first kappa shape index (κ1) is 25.8. The lowest BCUT2D eigenvalue weighted by atomic mass is 9.77. The minimum atomic E-state index is 0.0101. The Balaban J connectivity index is 1.63. The number of rotatable bonds is 6. The van der Waals surface area contributed by atoms with E-state index in [1.807, 2.05) is 0 Å². The van der Waals surface area contributed by atoms with Gasteiger partial charge in [-0.05, 0) is 80.8 Å². The molecule has 0 saturated heterocycles. The Morgan fingerprint density at radius 2 is 1.11 bits per heavy atom. The first-order valence-corrected chi connectivity index (χ1v) is 13.0. The highest BCUT2D eigenvalue weighted by atomic mass is 15.1. The maximum Gasteiger partial charge on any atom is 0.0361 e. The molecule has 4 rings (SSSR count). The van der Waals surface area contributed by atoms with E-state index in [1.54, 1.807) is 0 Å². The second-order valence-electron chi connectivity index (χ2n) is 12.1. The molecule has 0 aliphatic rings. The summed E-state index contributed by atoms with van der Waals surface area (Å²) in [4.78, 5) is 2.14. The summed E-state index contributed by atoms with van der Waals surface area (Å²) >= 11 is 0. The number of benzene rings is 4. The van der Waals surface area contributed by atoms with Crippen molar-refractivity contribution in [3.63, 3.8) is 0 Å². The number of nitrogens with zero attached hydrogens (tertiary/aromatic N) is 1. The highest BCUT2D eigenvalue weighted by molar-refractivity contribution is 5.68. The lowest BCUT2D eigenvalue weighted by Crippen LogP contribution is -2.21. The molecule has 0 N–H and O–H groups in total. The molecule has 0 spiro atoms. The lowest BCUT2D eigenvalue weighted by Gasteiger charge is -2.27. The molecule has 0 amide bonds. The Hall–Kier alpha value is -3.32. The van der Waals surface area contributed by atoms with Crippen LogP contribution in [0.5, 0.6) is 0 Å². The average molecular weight is 476 g/mol. The zero-order valence-electron chi connectivity index (χ0n) is 23.3. The minimum Gasteiger partial charge on any atom is -0.378 e. The normalized spacial score (nSPS) is 12.0. The summed E-state index contributed by atoms with van der Waals surface area (Å²) in [5, 5.41) is 0. The predicted molar refractivity (Wildman–Crippen MR) is 158 cm³/mol.